The molecular formula is C15H18N2O3S. The molecule has 112 valence electrons. The molecule has 1 fully saturated rings. The Hall–Kier alpha value is -1.84. The molecule has 0 aliphatic carbocycles. The van der Waals surface area contributed by atoms with Gasteiger partial charge in [0.15, 0.2) is 0 Å². The van der Waals surface area contributed by atoms with Crippen molar-refractivity contribution in [1.29, 1.82) is 0 Å². The molecule has 0 spiro atoms. The van der Waals surface area contributed by atoms with Gasteiger partial charge in [-0.2, -0.15) is 0 Å². The zero-order chi connectivity index (χ0) is 15.2. The zero-order valence-corrected chi connectivity index (χ0v) is 12.5. The molecular weight excluding hydrogens is 288 g/mol. The third-order valence-corrected chi connectivity index (χ3v) is 4.37. The van der Waals surface area contributed by atoms with E-state index in [-0.39, 0.29) is 18.4 Å². The summed E-state index contributed by atoms with van der Waals surface area (Å²) in [5.74, 6) is 5.38. The lowest BCUT2D eigenvalue weighted by atomic mass is 9.93. The molecule has 1 saturated heterocycles. The van der Waals surface area contributed by atoms with Gasteiger partial charge in [-0.3, -0.25) is 9.59 Å². The van der Waals surface area contributed by atoms with Crippen LogP contribution >= 0.6 is 11.3 Å². The number of piperidine rings is 1. The number of nitrogens with two attached hydrogens (primary N) is 1. The topological polar surface area (TPSA) is 83.6 Å². The second-order valence-electron chi connectivity index (χ2n) is 5.07. The lowest BCUT2D eigenvalue weighted by Gasteiger charge is -2.31. The van der Waals surface area contributed by atoms with Crippen molar-refractivity contribution in [1.82, 2.24) is 4.90 Å². The Labute approximate surface area is 127 Å². The fourth-order valence-electron chi connectivity index (χ4n) is 2.45. The van der Waals surface area contributed by atoms with E-state index in [9.17, 15) is 9.59 Å². The maximum Gasteiger partial charge on any atom is 0.254 e. The number of rotatable bonds is 3. The molecule has 0 saturated carbocycles. The monoisotopic (exact) mass is 306 g/mol. The lowest BCUT2D eigenvalue weighted by Crippen LogP contribution is -2.39. The van der Waals surface area contributed by atoms with E-state index in [1.54, 1.807) is 11.4 Å². The second-order valence-corrected chi connectivity index (χ2v) is 5.98. The average Bonchev–Trinajstić information content (AvgIpc) is 2.93. The normalized spacial score (nSPS) is 15.4. The quantitative estimate of drug-likeness (QED) is 0.811. The molecule has 0 atom stereocenters. The van der Waals surface area contributed by atoms with Crippen LogP contribution in [-0.4, -0.2) is 41.5 Å². The van der Waals surface area contributed by atoms with Gasteiger partial charge in [0.25, 0.3) is 5.91 Å². The van der Waals surface area contributed by atoms with Gasteiger partial charge in [-0.1, -0.05) is 11.8 Å². The summed E-state index contributed by atoms with van der Waals surface area (Å²) in [7, 11) is 0. The average molecular weight is 306 g/mol. The molecule has 0 bridgehead atoms. The zero-order valence-electron chi connectivity index (χ0n) is 11.7. The fraction of sp³-hybridized carbons (Fsp3) is 0.467. The Morgan fingerprint density at radius 3 is 2.76 bits per heavy atom. The first-order valence-corrected chi connectivity index (χ1v) is 7.74. The summed E-state index contributed by atoms with van der Waals surface area (Å²) in [5, 5.41) is 10.4. The highest BCUT2D eigenvalue weighted by atomic mass is 32.1. The van der Waals surface area contributed by atoms with Crippen LogP contribution in [0.5, 0.6) is 0 Å². The van der Waals surface area contributed by atoms with Gasteiger partial charge in [0.2, 0.25) is 5.91 Å². The molecule has 1 aromatic rings. The second kappa shape index (κ2) is 7.25. The van der Waals surface area contributed by atoms with Gasteiger partial charge in [-0.15, -0.1) is 11.3 Å². The Kier molecular flexibility index (Phi) is 5.37. The standard InChI is InChI=1S/C15H18N2O3S/c16-14(19)8-11-3-5-17(6-4-11)15(20)12-9-13(21-10-12)2-1-7-18/h9-11,18H,3-8H2,(H2,16,19). The van der Waals surface area contributed by atoms with E-state index < -0.39 is 0 Å². The number of primary amides is 1. The van der Waals surface area contributed by atoms with Crippen molar-refractivity contribution < 1.29 is 14.7 Å². The molecule has 2 amide bonds. The van der Waals surface area contributed by atoms with Gasteiger partial charge >= 0.3 is 0 Å². The van der Waals surface area contributed by atoms with Crippen LogP contribution in [0.4, 0.5) is 0 Å². The van der Waals surface area contributed by atoms with Crippen molar-refractivity contribution in [2.24, 2.45) is 11.7 Å². The first-order chi connectivity index (χ1) is 10.1. The van der Waals surface area contributed by atoms with E-state index in [0.717, 1.165) is 17.7 Å². The molecule has 1 aromatic heterocycles. The molecule has 3 N–H and O–H groups in total. The lowest BCUT2D eigenvalue weighted by molar-refractivity contribution is -0.119. The number of hydrogen-bond acceptors (Lipinski definition) is 4. The van der Waals surface area contributed by atoms with Crippen molar-refractivity contribution >= 4 is 23.2 Å². The van der Waals surface area contributed by atoms with Crippen molar-refractivity contribution in [3.05, 3.63) is 21.9 Å². The Morgan fingerprint density at radius 1 is 1.43 bits per heavy atom. The molecule has 0 aromatic carbocycles. The number of aliphatic hydroxyl groups is 1. The highest BCUT2D eigenvalue weighted by Gasteiger charge is 2.24. The Morgan fingerprint density at radius 2 is 2.14 bits per heavy atom. The van der Waals surface area contributed by atoms with E-state index in [1.165, 1.54) is 11.3 Å². The third kappa shape index (κ3) is 4.31. The first-order valence-electron chi connectivity index (χ1n) is 6.86. The van der Waals surface area contributed by atoms with Crippen molar-refractivity contribution in [2.75, 3.05) is 19.7 Å². The third-order valence-electron chi connectivity index (χ3n) is 3.53. The van der Waals surface area contributed by atoms with E-state index in [4.69, 9.17) is 10.8 Å². The molecule has 2 rings (SSSR count). The number of carbonyl (C=O) groups is 2. The molecule has 0 unspecified atom stereocenters. The van der Waals surface area contributed by atoms with Crippen LogP contribution in [0.2, 0.25) is 0 Å². The summed E-state index contributed by atoms with van der Waals surface area (Å²) in [5.41, 5.74) is 5.84. The number of likely N-dealkylation sites (tertiary alicyclic amines) is 1. The van der Waals surface area contributed by atoms with Crippen LogP contribution in [0, 0.1) is 17.8 Å². The van der Waals surface area contributed by atoms with Gasteiger partial charge in [0.1, 0.15) is 6.61 Å². The summed E-state index contributed by atoms with van der Waals surface area (Å²) in [6.45, 7) is 1.13. The number of aliphatic hydroxyl groups excluding tert-OH is 1. The first kappa shape index (κ1) is 15.5. The predicted octanol–water partition coefficient (Wildman–Crippen LogP) is 0.819. The van der Waals surface area contributed by atoms with E-state index in [1.807, 2.05) is 4.90 Å². The van der Waals surface area contributed by atoms with Crippen LogP contribution in [0.25, 0.3) is 0 Å². The van der Waals surface area contributed by atoms with Crippen LogP contribution in [0.15, 0.2) is 11.4 Å². The highest BCUT2D eigenvalue weighted by Crippen LogP contribution is 2.23. The molecule has 6 heteroatoms. The predicted molar refractivity (Wildman–Crippen MR) is 80.7 cm³/mol. The van der Waals surface area contributed by atoms with Crippen molar-refractivity contribution in [3.8, 4) is 11.8 Å². The smallest absolute Gasteiger partial charge is 0.254 e. The number of amides is 2. The van der Waals surface area contributed by atoms with Crippen molar-refractivity contribution in [3.63, 3.8) is 0 Å². The van der Waals surface area contributed by atoms with Gasteiger partial charge < -0.3 is 15.7 Å². The number of hydrogen-bond donors (Lipinski definition) is 2. The van der Waals surface area contributed by atoms with Crippen molar-refractivity contribution in [2.45, 2.75) is 19.3 Å². The van der Waals surface area contributed by atoms with E-state index >= 15 is 0 Å². The summed E-state index contributed by atoms with van der Waals surface area (Å²) in [6.07, 6.45) is 2.04. The largest absolute Gasteiger partial charge is 0.384 e. The van der Waals surface area contributed by atoms with Gasteiger partial charge in [-0.25, -0.2) is 0 Å². The van der Waals surface area contributed by atoms with Crippen LogP contribution in [-0.2, 0) is 4.79 Å². The Bertz CT molecular complexity index is 577. The molecule has 5 nitrogen and oxygen atoms in total. The molecule has 0 radical (unpaired) electrons. The highest BCUT2D eigenvalue weighted by molar-refractivity contribution is 7.10. The van der Waals surface area contributed by atoms with Crippen LogP contribution in [0.1, 0.15) is 34.5 Å². The molecule has 1 aliphatic rings. The number of carbonyl (C=O) groups excluding carboxylic acids is 2. The summed E-state index contributed by atoms with van der Waals surface area (Å²) in [6, 6.07) is 1.76. The molecule has 1 aliphatic heterocycles. The van der Waals surface area contributed by atoms with Crippen LogP contribution in [0.3, 0.4) is 0 Å². The maximum atomic E-state index is 12.4. The van der Waals surface area contributed by atoms with E-state index in [2.05, 4.69) is 11.8 Å². The minimum Gasteiger partial charge on any atom is -0.384 e. The minimum atomic E-state index is -0.273. The number of nitrogens with zero attached hydrogens (tertiary/aromatic N) is 1. The van der Waals surface area contributed by atoms with Gasteiger partial charge in [0, 0.05) is 24.9 Å². The SMILES string of the molecule is NC(=O)CC1CCN(C(=O)c2csc(C#CCO)c2)CC1. The minimum absolute atomic E-state index is 0.000762. The van der Waals surface area contributed by atoms with Gasteiger partial charge in [-0.05, 0) is 24.8 Å². The molecule has 21 heavy (non-hydrogen) atoms. The summed E-state index contributed by atoms with van der Waals surface area (Å²) >= 11 is 1.40. The molecule has 2 heterocycles. The van der Waals surface area contributed by atoms with E-state index in [0.29, 0.717) is 31.0 Å². The fourth-order valence-corrected chi connectivity index (χ4v) is 3.20. The maximum absolute atomic E-state index is 12.4. The summed E-state index contributed by atoms with van der Waals surface area (Å²) in [4.78, 5) is 25.8. The summed E-state index contributed by atoms with van der Waals surface area (Å²) < 4.78 is 0. The van der Waals surface area contributed by atoms with Crippen LogP contribution < -0.4 is 5.73 Å². The Balaban J connectivity index is 1.92. The number of thiophene rings is 1. The van der Waals surface area contributed by atoms with Gasteiger partial charge in [0.05, 0.1) is 10.4 Å².